The van der Waals surface area contributed by atoms with Crippen molar-refractivity contribution in [3.05, 3.63) is 50.7 Å². The zero-order chi connectivity index (χ0) is 16.4. The van der Waals surface area contributed by atoms with Crippen molar-refractivity contribution in [2.45, 2.75) is 19.3 Å². The van der Waals surface area contributed by atoms with Crippen molar-refractivity contribution in [2.75, 3.05) is 6.54 Å². The number of aromatic nitrogens is 2. The molecule has 0 saturated heterocycles. The van der Waals surface area contributed by atoms with Gasteiger partial charge in [0, 0.05) is 32.8 Å². The molecule has 0 unspecified atom stereocenters. The molecule has 0 aliphatic carbocycles. The van der Waals surface area contributed by atoms with Gasteiger partial charge >= 0.3 is 0 Å². The Labute approximate surface area is 153 Å². The minimum atomic E-state index is 0.626. The third kappa shape index (κ3) is 3.41. The quantitative estimate of drug-likeness (QED) is 0.537. The summed E-state index contributed by atoms with van der Waals surface area (Å²) < 4.78 is 0.941. The average Bonchev–Trinajstić information content (AvgIpc) is 2.87. The van der Waals surface area contributed by atoms with E-state index in [-0.39, 0.29) is 0 Å². The van der Waals surface area contributed by atoms with Gasteiger partial charge in [-0.1, -0.05) is 23.2 Å². The first-order chi connectivity index (χ1) is 11.1. The fraction of sp³-hybridized carbons (Fsp3) is 0.235. The van der Waals surface area contributed by atoms with E-state index in [1.54, 1.807) is 12.4 Å². The normalized spacial score (nSPS) is 11.3. The Hall–Kier alpha value is -1.07. The number of hydrogen-bond donors (Lipinski definition) is 2. The molecule has 3 aromatic rings. The minimum absolute atomic E-state index is 0.626. The van der Waals surface area contributed by atoms with E-state index in [1.807, 2.05) is 18.2 Å². The summed E-state index contributed by atoms with van der Waals surface area (Å²) in [5, 5.41) is 2.45. The predicted molar refractivity (Wildman–Crippen MR) is 101 cm³/mol. The van der Waals surface area contributed by atoms with Gasteiger partial charge < -0.3 is 10.7 Å². The number of aryl methyl sites for hydroxylation is 1. The van der Waals surface area contributed by atoms with E-state index in [2.05, 4.69) is 25.9 Å². The van der Waals surface area contributed by atoms with Gasteiger partial charge in [0.25, 0.3) is 0 Å². The molecule has 3 N–H and O–H groups in total. The molecule has 1 aromatic carbocycles. The van der Waals surface area contributed by atoms with Crippen LogP contribution in [0.1, 0.15) is 18.4 Å². The van der Waals surface area contributed by atoms with Gasteiger partial charge in [-0.15, -0.1) is 0 Å². The van der Waals surface area contributed by atoms with Crippen molar-refractivity contribution in [1.29, 1.82) is 0 Å². The van der Waals surface area contributed by atoms with Crippen LogP contribution < -0.4 is 5.73 Å². The van der Waals surface area contributed by atoms with Crippen LogP contribution in [0.3, 0.4) is 0 Å². The third-order valence-electron chi connectivity index (χ3n) is 3.85. The molecule has 0 fully saturated rings. The second kappa shape index (κ2) is 7.22. The summed E-state index contributed by atoms with van der Waals surface area (Å²) in [5.74, 6) is 0. The van der Waals surface area contributed by atoms with Crippen LogP contribution >= 0.6 is 39.1 Å². The molecular weight excluding hydrogens is 397 g/mol. The standard InChI is InChI=1S/C17H16BrCl2N3/c18-14-8-10(19)7-13-11(3-1-2-5-21)16(23-17(13)14)12-4-6-22-9-15(12)20/h4,6-9,23H,1-3,5,21H2. The van der Waals surface area contributed by atoms with E-state index in [0.29, 0.717) is 16.6 Å². The lowest BCUT2D eigenvalue weighted by atomic mass is 10.0. The first-order valence-electron chi connectivity index (χ1n) is 7.41. The van der Waals surface area contributed by atoms with Gasteiger partial charge in [0.05, 0.1) is 16.2 Å². The van der Waals surface area contributed by atoms with Crippen LogP contribution in [0.4, 0.5) is 0 Å². The Morgan fingerprint density at radius 3 is 2.78 bits per heavy atom. The second-order valence-corrected chi connectivity index (χ2v) is 7.09. The molecule has 120 valence electrons. The predicted octanol–water partition coefficient (Wildman–Crippen LogP) is 5.58. The number of nitrogens with zero attached hydrogens (tertiary/aromatic N) is 1. The van der Waals surface area contributed by atoms with Crippen molar-refractivity contribution in [1.82, 2.24) is 9.97 Å². The number of benzene rings is 1. The highest BCUT2D eigenvalue weighted by Crippen LogP contribution is 2.38. The van der Waals surface area contributed by atoms with Crippen LogP contribution in [0.2, 0.25) is 10.0 Å². The van der Waals surface area contributed by atoms with Gasteiger partial charge in [0.15, 0.2) is 0 Å². The maximum Gasteiger partial charge on any atom is 0.0682 e. The molecule has 2 heterocycles. The van der Waals surface area contributed by atoms with Crippen LogP contribution in [0.15, 0.2) is 35.1 Å². The lowest BCUT2D eigenvalue weighted by molar-refractivity contribution is 0.748. The first kappa shape index (κ1) is 16.8. The molecule has 0 aliphatic rings. The zero-order valence-corrected chi connectivity index (χ0v) is 15.5. The lowest BCUT2D eigenvalue weighted by Crippen LogP contribution is -1.99. The summed E-state index contributed by atoms with van der Waals surface area (Å²) in [6.07, 6.45) is 6.33. The maximum atomic E-state index is 6.35. The fourth-order valence-corrected chi connectivity index (χ4v) is 3.91. The third-order valence-corrected chi connectivity index (χ3v) is 5.00. The summed E-state index contributed by atoms with van der Waals surface area (Å²) in [6, 6.07) is 5.81. The Morgan fingerprint density at radius 1 is 1.22 bits per heavy atom. The monoisotopic (exact) mass is 411 g/mol. The maximum absolute atomic E-state index is 6.35. The molecule has 0 saturated carbocycles. The topological polar surface area (TPSA) is 54.7 Å². The fourth-order valence-electron chi connectivity index (χ4n) is 2.79. The molecule has 23 heavy (non-hydrogen) atoms. The SMILES string of the molecule is NCCCCc1c(-c2ccncc2Cl)[nH]c2c(Br)cc(Cl)cc12. The molecule has 0 spiro atoms. The number of nitrogens with one attached hydrogen (secondary N) is 1. The average molecular weight is 413 g/mol. The molecule has 3 rings (SSSR count). The largest absolute Gasteiger partial charge is 0.353 e. The van der Waals surface area contributed by atoms with E-state index in [1.165, 1.54) is 5.56 Å². The van der Waals surface area contributed by atoms with E-state index in [0.717, 1.165) is 45.9 Å². The highest BCUT2D eigenvalue weighted by molar-refractivity contribution is 9.10. The number of nitrogens with two attached hydrogens (primary N) is 1. The van der Waals surface area contributed by atoms with E-state index in [9.17, 15) is 0 Å². The lowest BCUT2D eigenvalue weighted by Gasteiger charge is -2.06. The first-order valence-corrected chi connectivity index (χ1v) is 8.96. The summed E-state index contributed by atoms with van der Waals surface area (Å²) >= 11 is 16.2. The molecular formula is C17H16BrCl2N3. The number of pyridine rings is 1. The number of fused-ring (bicyclic) bond motifs is 1. The number of rotatable bonds is 5. The highest BCUT2D eigenvalue weighted by atomic mass is 79.9. The van der Waals surface area contributed by atoms with E-state index >= 15 is 0 Å². The Morgan fingerprint density at radius 2 is 2.04 bits per heavy atom. The van der Waals surface area contributed by atoms with Gasteiger partial charge in [-0.05, 0) is 65.5 Å². The summed E-state index contributed by atoms with van der Waals surface area (Å²) in [6.45, 7) is 0.693. The van der Waals surface area contributed by atoms with Gasteiger partial charge in [0.2, 0.25) is 0 Å². The van der Waals surface area contributed by atoms with Crippen molar-refractivity contribution >= 4 is 50.0 Å². The Bertz CT molecular complexity index is 845. The summed E-state index contributed by atoms with van der Waals surface area (Å²) in [4.78, 5) is 7.56. The number of aromatic amines is 1. The van der Waals surface area contributed by atoms with E-state index < -0.39 is 0 Å². The molecule has 0 aliphatic heterocycles. The van der Waals surface area contributed by atoms with Gasteiger partial charge in [0.1, 0.15) is 0 Å². The minimum Gasteiger partial charge on any atom is -0.353 e. The van der Waals surface area contributed by atoms with Crippen LogP contribution in [-0.4, -0.2) is 16.5 Å². The molecule has 3 nitrogen and oxygen atoms in total. The molecule has 0 atom stereocenters. The molecule has 6 heteroatoms. The van der Waals surface area contributed by atoms with Crippen LogP contribution in [-0.2, 0) is 6.42 Å². The van der Waals surface area contributed by atoms with Crippen molar-refractivity contribution in [2.24, 2.45) is 5.73 Å². The zero-order valence-electron chi connectivity index (χ0n) is 12.4. The highest BCUT2D eigenvalue weighted by Gasteiger charge is 2.17. The van der Waals surface area contributed by atoms with Gasteiger partial charge in [-0.3, -0.25) is 4.98 Å². The molecule has 0 bridgehead atoms. The smallest absolute Gasteiger partial charge is 0.0682 e. The molecule has 0 radical (unpaired) electrons. The Balaban J connectivity index is 2.21. The summed E-state index contributed by atoms with van der Waals surface area (Å²) in [5.41, 5.74) is 9.85. The van der Waals surface area contributed by atoms with Gasteiger partial charge in [-0.2, -0.15) is 0 Å². The van der Waals surface area contributed by atoms with Crippen LogP contribution in [0, 0.1) is 0 Å². The number of unbranched alkanes of at least 4 members (excludes halogenated alkanes) is 1. The van der Waals surface area contributed by atoms with Crippen LogP contribution in [0.5, 0.6) is 0 Å². The van der Waals surface area contributed by atoms with Gasteiger partial charge in [-0.25, -0.2) is 0 Å². The number of hydrogen-bond acceptors (Lipinski definition) is 2. The second-order valence-electron chi connectivity index (χ2n) is 5.39. The molecule has 0 amide bonds. The molecule has 2 aromatic heterocycles. The van der Waals surface area contributed by atoms with Crippen molar-refractivity contribution in [3.63, 3.8) is 0 Å². The Kier molecular flexibility index (Phi) is 5.27. The number of halogens is 3. The van der Waals surface area contributed by atoms with Crippen molar-refractivity contribution in [3.8, 4) is 11.3 Å². The van der Waals surface area contributed by atoms with Crippen LogP contribution in [0.25, 0.3) is 22.2 Å². The number of H-pyrrole nitrogens is 1. The van der Waals surface area contributed by atoms with E-state index in [4.69, 9.17) is 28.9 Å². The van der Waals surface area contributed by atoms with Crippen molar-refractivity contribution < 1.29 is 0 Å². The summed E-state index contributed by atoms with van der Waals surface area (Å²) in [7, 11) is 0.